The van der Waals surface area contributed by atoms with Crippen molar-refractivity contribution in [3.63, 3.8) is 0 Å². The number of aliphatic hydroxyl groups is 1. The molecule has 0 fully saturated rings. The van der Waals surface area contributed by atoms with Crippen molar-refractivity contribution in [1.82, 2.24) is 0 Å². The highest BCUT2D eigenvalue weighted by Gasteiger charge is 2.16. The third kappa shape index (κ3) is 2.83. The molecule has 0 saturated carbocycles. The molecule has 0 bridgehead atoms. The van der Waals surface area contributed by atoms with Crippen LogP contribution in [0.4, 0.5) is 0 Å². The minimum atomic E-state index is -1.05. The minimum Gasteiger partial charge on any atom is -0.479 e. The highest BCUT2D eigenvalue weighted by atomic mass is 16.5. The van der Waals surface area contributed by atoms with E-state index in [4.69, 9.17) is 19.4 Å². The molecule has 106 valence electrons. The van der Waals surface area contributed by atoms with E-state index in [0.29, 0.717) is 24.2 Å². The topological polar surface area (TPSA) is 79.9 Å². The van der Waals surface area contributed by atoms with E-state index in [2.05, 4.69) is 6.58 Å². The average Bonchev–Trinajstić information content (AvgIpc) is 2.76. The van der Waals surface area contributed by atoms with Crippen molar-refractivity contribution in [3.05, 3.63) is 42.2 Å². The molecular formula is C15H16O5. The molecule has 20 heavy (non-hydrogen) atoms. The van der Waals surface area contributed by atoms with Gasteiger partial charge in [-0.05, 0) is 12.5 Å². The maximum Gasteiger partial charge on any atom is 0.341 e. The van der Waals surface area contributed by atoms with Crippen LogP contribution in [0.2, 0.25) is 0 Å². The fourth-order valence-electron chi connectivity index (χ4n) is 2.13. The number of ether oxygens (including phenoxy) is 1. The van der Waals surface area contributed by atoms with Crippen LogP contribution in [0.25, 0.3) is 11.0 Å². The van der Waals surface area contributed by atoms with Crippen molar-refractivity contribution in [2.45, 2.75) is 12.8 Å². The molecule has 0 amide bonds. The summed E-state index contributed by atoms with van der Waals surface area (Å²) in [7, 11) is 0. The molecule has 1 aromatic heterocycles. The predicted octanol–water partition coefficient (Wildman–Crippen LogP) is 2.16. The van der Waals surface area contributed by atoms with Gasteiger partial charge in [-0.1, -0.05) is 18.2 Å². The van der Waals surface area contributed by atoms with Crippen LogP contribution in [0, 0.1) is 0 Å². The van der Waals surface area contributed by atoms with Crippen LogP contribution in [0.1, 0.15) is 11.3 Å². The highest BCUT2D eigenvalue weighted by Crippen LogP contribution is 2.33. The molecule has 0 aliphatic rings. The molecular weight excluding hydrogens is 260 g/mol. The van der Waals surface area contributed by atoms with Crippen molar-refractivity contribution >= 4 is 16.9 Å². The number of rotatable bonds is 7. The summed E-state index contributed by atoms with van der Waals surface area (Å²) < 4.78 is 11.0. The van der Waals surface area contributed by atoms with Gasteiger partial charge in [0.15, 0.2) is 17.9 Å². The summed E-state index contributed by atoms with van der Waals surface area (Å²) >= 11 is 0. The van der Waals surface area contributed by atoms with Gasteiger partial charge in [0.25, 0.3) is 0 Å². The molecule has 5 heteroatoms. The normalized spacial score (nSPS) is 10.7. The van der Waals surface area contributed by atoms with Crippen molar-refractivity contribution < 1.29 is 24.2 Å². The fraction of sp³-hybridized carbons (Fsp3) is 0.267. The number of allylic oxidation sites excluding steroid dienone is 1. The molecule has 0 unspecified atom stereocenters. The van der Waals surface area contributed by atoms with Gasteiger partial charge in [-0.3, -0.25) is 0 Å². The smallest absolute Gasteiger partial charge is 0.341 e. The molecule has 0 spiro atoms. The highest BCUT2D eigenvalue weighted by molar-refractivity contribution is 5.87. The summed E-state index contributed by atoms with van der Waals surface area (Å²) in [5, 5.41) is 18.7. The van der Waals surface area contributed by atoms with Gasteiger partial charge in [-0.25, -0.2) is 4.79 Å². The number of benzene rings is 1. The standard InChI is InChI=1S/C15H16O5/c1-2-4-12-10(7-8-16)11-5-3-6-13(15(11)20-12)19-9-14(17)18/h2-3,5-6,16H,1,4,7-9H2,(H,17,18). The maximum atomic E-state index is 10.6. The molecule has 0 atom stereocenters. The molecule has 0 saturated heterocycles. The van der Waals surface area contributed by atoms with Crippen LogP contribution in [0.15, 0.2) is 35.3 Å². The summed E-state index contributed by atoms with van der Waals surface area (Å²) in [6, 6.07) is 5.30. The zero-order chi connectivity index (χ0) is 14.5. The Bertz CT molecular complexity index is 626. The second-order valence-corrected chi connectivity index (χ2v) is 4.29. The Hall–Kier alpha value is -2.27. The molecule has 0 aliphatic heterocycles. The Morgan fingerprint density at radius 1 is 1.45 bits per heavy atom. The van der Waals surface area contributed by atoms with E-state index in [9.17, 15) is 4.79 Å². The van der Waals surface area contributed by atoms with Crippen LogP contribution in [-0.4, -0.2) is 29.4 Å². The molecule has 2 aromatic rings. The van der Waals surface area contributed by atoms with Crippen LogP contribution in [0.3, 0.4) is 0 Å². The van der Waals surface area contributed by atoms with E-state index in [0.717, 1.165) is 16.7 Å². The minimum absolute atomic E-state index is 0.0129. The lowest BCUT2D eigenvalue weighted by Crippen LogP contribution is -2.09. The van der Waals surface area contributed by atoms with Gasteiger partial charge in [0.2, 0.25) is 0 Å². The maximum absolute atomic E-state index is 10.6. The van der Waals surface area contributed by atoms with Crippen molar-refractivity contribution in [2.24, 2.45) is 0 Å². The first-order valence-corrected chi connectivity index (χ1v) is 6.27. The van der Waals surface area contributed by atoms with Gasteiger partial charge >= 0.3 is 5.97 Å². The number of aliphatic hydroxyl groups excluding tert-OH is 1. The Morgan fingerprint density at radius 3 is 2.90 bits per heavy atom. The predicted molar refractivity (Wildman–Crippen MR) is 74.0 cm³/mol. The first kappa shape index (κ1) is 14.1. The molecule has 0 radical (unpaired) electrons. The first-order valence-electron chi connectivity index (χ1n) is 6.27. The summed E-state index contributed by atoms with van der Waals surface area (Å²) in [6.07, 6.45) is 2.73. The number of carboxylic acid groups (broad SMARTS) is 1. The van der Waals surface area contributed by atoms with Crippen molar-refractivity contribution in [3.8, 4) is 5.75 Å². The van der Waals surface area contributed by atoms with Crippen LogP contribution >= 0.6 is 0 Å². The lowest BCUT2D eigenvalue weighted by molar-refractivity contribution is -0.139. The number of fused-ring (bicyclic) bond motifs is 1. The van der Waals surface area contributed by atoms with Crippen molar-refractivity contribution in [2.75, 3.05) is 13.2 Å². The number of carboxylic acids is 1. The number of carbonyl (C=O) groups is 1. The number of hydrogen-bond acceptors (Lipinski definition) is 4. The van der Waals surface area contributed by atoms with E-state index in [1.807, 2.05) is 6.07 Å². The first-order chi connectivity index (χ1) is 9.67. The van der Waals surface area contributed by atoms with E-state index in [1.165, 1.54) is 0 Å². The number of para-hydroxylation sites is 1. The Kier molecular flexibility index (Phi) is 4.42. The molecule has 5 nitrogen and oxygen atoms in total. The number of hydrogen-bond donors (Lipinski definition) is 2. The number of furan rings is 1. The average molecular weight is 276 g/mol. The van der Waals surface area contributed by atoms with Gasteiger partial charge in [0.05, 0.1) is 0 Å². The fourth-order valence-corrected chi connectivity index (χ4v) is 2.13. The summed E-state index contributed by atoms with van der Waals surface area (Å²) in [4.78, 5) is 10.6. The summed E-state index contributed by atoms with van der Waals surface area (Å²) in [6.45, 7) is 3.27. The van der Waals surface area contributed by atoms with Gasteiger partial charge in [-0.2, -0.15) is 0 Å². The third-order valence-corrected chi connectivity index (χ3v) is 2.91. The lowest BCUT2D eigenvalue weighted by Gasteiger charge is -2.03. The summed E-state index contributed by atoms with van der Waals surface area (Å²) in [5.74, 6) is 0.0604. The molecule has 2 N–H and O–H groups in total. The molecule has 2 rings (SSSR count). The Labute approximate surface area is 116 Å². The van der Waals surface area contributed by atoms with Gasteiger partial charge in [-0.15, -0.1) is 6.58 Å². The monoisotopic (exact) mass is 276 g/mol. The second-order valence-electron chi connectivity index (χ2n) is 4.29. The summed E-state index contributed by atoms with van der Waals surface area (Å²) in [5.41, 5.74) is 1.41. The Morgan fingerprint density at radius 2 is 2.25 bits per heavy atom. The van der Waals surface area contributed by atoms with Crippen molar-refractivity contribution in [1.29, 1.82) is 0 Å². The van der Waals surface area contributed by atoms with Crippen LogP contribution < -0.4 is 4.74 Å². The lowest BCUT2D eigenvalue weighted by atomic mass is 10.1. The molecule has 1 aromatic carbocycles. The largest absolute Gasteiger partial charge is 0.479 e. The van der Waals surface area contributed by atoms with Gasteiger partial charge in [0.1, 0.15) is 5.76 Å². The van der Waals surface area contributed by atoms with E-state index in [1.54, 1.807) is 18.2 Å². The van der Waals surface area contributed by atoms with Crippen LogP contribution in [0.5, 0.6) is 5.75 Å². The van der Waals surface area contributed by atoms with Gasteiger partial charge < -0.3 is 19.4 Å². The number of aliphatic carboxylic acids is 1. The quantitative estimate of drug-likeness (QED) is 0.757. The molecule has 1 heterocycles. The van der Waals surface area contributed by atoms with E-state index >= 15 is 0 Å². The Balaban J connectivity index is 2.48. The third-order valence-electron chi connectivity index (χ3n) is 2.91. The van der Waals surface area contributed by atoms with E-state index in [-0.39, 0.29) is 6.61 Å². The van der Waals surface area contributed by atoms with E-state index < -0.39 is 12.6 Å². The zero-order valence-corrected chi connectivity index (χ0v) is 11.0. The van der Waals surface area contributed by atoms with Crippen LogP contribution in [-0.2, 0) is 17.6 Å². The molecule has 0 aliphatic carbocycles. The second kappa shape index (κ2) is 6.25. The van der Waals surface area contributed by atoms with Gasteiger partial charge in [0, 0.05) is 24.0 Å². The zero-order valence-electron chi connectivity index (χ0n) is 11.0. The SMILES string of the molecule is C=CCc1oc2c(OCC(=O)O)cccc2c1CCO.